The van der Waals surface area contributed by atoms with Gasteiger partial charge in [0.2, 0.25) is 5.82 Å². The van der Waals surface area contributed by atoms with Crippen LogP contribution in [0.4, 0.5) is 0 Å². The predicted octanol–water partition coefficient (Wildman–Crippen LogP) is 3.44. The van der Waals surface area contributed by atoms with E-state index in [1.807, 2.05) is 17.9 Å². The maximum absolute atomic E-state index is 13.2. The summed E-state index contributed by atoms with van der Waals surface area (Å²) >= 11 is 0. The lowest BCUT2D eigenvalue weighted by Gasteiger charge is -2.22. The molecule has 1 atom stereocenters. The number of aromatic amines is 1. The largest absolute Gasteiger partial charge is 0.455 e. The molecule has 1 aliphatic heterocycles. The summed E-state index contributed by atoms with van der Waals surface area (Å²) in [6, 6.07) is 1.80. The zero-order valence-corrected chi connectivity index (χ0v) is 16.6. The van der Waals surface area contributed by atoms with Crippen LogP contribution in [0.2, 0.25) is 0 Å². The number of furan rings is 1. The number of hydrogen-bond acceptors (Lipinski definition) is 6. The summed E-state index contributed by atoms with van der Waals surface area (Å²) in [6.45, 7) is 8.79. The number of nitrogens with one attached hydrogen (secondary N) is 1. The predicted molar refractivity (Wildman–Crippen MR) is 103 cm³/mol. The molecule has 1 unspecified atom stereocenters. The highest BCUT2D eigenvalue weighted by atomic mass is 16.4. The third-order valence-electron chi connectivity index (χ3n) is 4.98. The van der Waals surface area contributed by atoms with Crippen molar-refractivity contribution < 1.29 is 9.21 Å². The lowest BCUT2D eigenvalue weighted by molar-refractivity contribution is 0.0693. The molecule has 8 heteroatoms. The minimum atomic E-state index is -0.159. The number of H-pyrrole nitrogens is 1. The van der Waals surface area contributed by atoms with Crippen molar-refractivity contribution in [2.45, 2.75) is 52.0 Å². The summed E-state index contributed by atoms with van der Waals surface area (Å²) < 4.78 is 5.96. The molecule has 3 aromatic rings. The maximum atomic E-state index is 13.2. The van der Waals surface area contributed by atoms with Crippen molar-refractivity contribution in [1.82, 2.24) is 30.0 Å². The summed E-state index contributed by atoms with van der Waals surface area (Å²) in [5.41, 5.74) is 1.31. The average molecular weight is 380 g/mol. The number of likely N-dealkylation sites (tertiary alicyclic amines) is 1. The molecule has 0 aliphatic carbocycles. The second-order valence-electron chi connectivity index (χ2n) is 8.16. The van der Waals surface area contributed by atoms with Crippen molar-refractivity contribution >= 4 is 5.91 Å². The first-order valence-corrected chi connectivity index (χ1v) is 9.45. The number of nitrogens with zero attached hydrogens (tertiary/aromatic N) is 5. The van der Waals surface area contributed by atoms with E-state index in [0.717, 1.165) is 24.2 Å². The third-order valence-corrected chi connectivity index (χ3v) is 4.98. The Kier molecular flexibility index (Phi) is 4.49. The topological polar surface area (TPSA) is 101 Å². The molecule has 0 bridgehead atoms. The van der Waals surface area contributed by atoms with Crippen molar-refractivity contribution in [2.75, 3.05) is 6.54 Å². The highest BCUT2D eigenvalue weighted by molar-refractivity contribution is 5.93. The lowest BCUT2D eigenvalue weighted by atomic mass is 9.93. The summed E-state index contributed by atoms with van der Waals surface area (Å²) in [4.78, 5) is 27.9. The molecule has 8 nitrogen and oxygen atoms in total. The molecule has 1 aliphatic rings. The minimum absolute atomic E-state index is 0.104. The second-order valence-corrected chi connectivity index (χ2v) is 8.16. The van der Waals surface area contributed by atoms with Crippen molar-refractivity contribution in [3.05, 3.63) is 47.6 Å². The van der Waals surface area contributed by atoms with Crippen LogP contribution in [0.25, 0.3) is 11.5 Å². The first kappa shape index (κ1) is 18.3. The van der Waals surface area contributed by atoms with Crippen molar-refractivity contribution in [1.29, 1.82) is 0 Å². The van der Waals surface area contributed by atoms with Gasteiger partial charge in [-0.1, -0.05) is 20.8 Å². The quantitative estimate of drug-likeness (QED) is 0.747. The van der Waals surface area contributed by atoms with Crippen LogP contribution in [0.3, 0.4) is 0 Å². The van der Waals surface area contributed by atoms with Crippen molar-refractivity contribution in [3.63, 3.8) is 0 Å². The summed E-state index contributed by atoms with van der Waals surface area (Å²) in [5.74, 6) is 2.26. The molecule has 0 aromatic carbocycles. The molecule has 1 saturated heterocycles. The van der Waals surface area contributed by atoms with Gasteiger partial charge >= 0.3 is 0 Å². The van der Waals surface area contributed by atoms with Gasteiger partial charge in [0.15, 0.2) is 5.76 Å². The third kappa shape index (κ3) is 3.30. The molecular formula is C20H24N6O2. The molecule has 0 spiro atoms. The fourth-order valence-corrected chi connectivity index (χ4v) is 3.44. The number of carbonyl (C=O) groups excluding carboxylic acids is 1. The van der Waals surface area contributed by atoms with Gasteiger partial charge in [0.05, 0.1) is 12.2 Å². The molecule has 4 rings (SSSR count). The van der Waals surface area contributed by atoms with Gasteiger partial charge in [0.25, 0.3) is 5.91 Å². The normalized spacial score (nSPS) is 17.3. The monoisotopic (exact) mass is 380 g/mol. The Hall–Kier alpha value is -3.03. The Balaban J connectivity index is 1.60. The first-order chi connectivity index (χ1) is 13.3. The maximum Gasteiger partial charge on any atom is 0.290 e. The standard InChI is InChI=1S/C20H24N6O2/c1-12-10-15(20(2,3)4)28-16(12)19(27)26-9-5-6-14(26)18-23-17(24-25-18)13-11-21-7-8-22-13/h7-8,10-11,14H,5-6,9H2,1-4H3,(H,23,24,25). The van der Waals surface area contributed by atoms with Gasteiger partial charge in [-0.25, -0.2) is 9.97 Å². The molecule has 146 valence electrons. The molecule has 1 N–H and O–H groups in total. The molecule has 3 aromatic heterocycles. The van der Waals surface area contributed by atoms with Crippen LogP contribution < -0.4 is 0 Å². The summed E-state index contributed by atoms with van der Waals surface area (Å²) in [7, 11) is 0. The van der Waals surface area contributed by atoms with Gasteiger partial charge in [-0.2, -0.15) is 5.10 Å². The highest BCUT2D eigenvalue weighted by Gasteiger charge is 2.35. The van der Waals surface area contributed by atoms with E-state index in [-0.39, 0.29) is 17.4 Å². The highest BCUT2D eigenvalue weighted by Crippen LogP contribution is 2.34. The SMILES string of the molecule is Cc1cc(C(C)(C)C)oc1C(=O)N1CCCC1c1nc(-c2cnccn2)n[nH]1. The molecule has 0 radical (unpaired) electrons. The van der Waals surface area contributed by atoms with E-state index in [2.05, 4.69) is 45.9 Å². The van der Waals surface area contributed by atoms with Crippen molar-refractivity contribution in [3.8, 4) is 11.5 Å². The molecule has 28 heavy (non-hydrogen) atoms. The van der Waals surface area contributed by atoms with Crippen LogP contribution >= 0.6 is 0 Å². The molecule has 0 saturated carbocycles. The van der Waals surface area contributed by atoms with Gasteiger partial charge in [0.1, 0.15) is 17.3 Å². The number of hydrogen-bond donors (Lipinski definition) is 1. The van der Waals surface area contributed by atoms with Gasteiger partial charge in [-0.3, -0.25) is 14.9 Å². The fraction of sp³-hybridized carbons (Fsp3) is 0.450. The zero-order valence-electron chi connectivity index (χ0n) is 16.6. The van der Waals surface area contributed by atoms with Crippen LogP contribution in [0, 0.1) is 6.92 Å². The summed E-state index contributed by atoms with van der Waals surface area (Å²) in [6.07, 6.45) is 6.55. The van der Waals surface area contributed by atoms with Gasteiger partial charge in [0, 0.05) is 29.9 Å². The van der Waals surface area contributed by atoms with Crippen LogP contribution in [0.5, 0.6) is 0 Å². The van der Waals surface area contributed by atoms with Crippen LogP contribution in [0.1, 0.15) is 67.4 Å². The minimum Gasteiger partial charge on any atom is -0.455 e. The number of aromatic nitrogens is 5. The smallest absolute Gasteiger partial charge is 0.290 e. The summed E-state index contributed by atoms with van der Waals surface area (Å²) in [5, 5.41) is 7.22. The van der Waals surface area contributed by atoms with Gasteiger partial charge < -0.3 is 9.32 Å². The molecular weight excluding hydrogens is 356 g/mol. The van der Waals surface area contributed by atoms with E-state index in [1.165, 1.54) is 0 Å². The molecule has 4 heterocycles. The Labute approximate surface area is 163 Å². The molecule has 1 amide bonds. The number of aryl methyl sites for hydroxylation is 1. The fourth-order valence-electron chi connectivity index (χ4n) is 3.44. The lowest BCUT2D eigenvalue weighted by Crippen LogP contribution is -2.31. The Morgan fingerprint density at radius 2 is 2.14 bits per heavy atom. The average Bonchev–Trinajstić information content (AvgIpc) is 3.40. The van der Waals surface area contributed by atoms with E-state index in [0.29, 0.717) is 29.6 Å². The van der Waals surface area contributed by atoms with Crippen LogP contribution in [-0.2, 0) is 5.41 Å². The van der Waals surface area contributed by atoms with E-state index in [4.69, 9.17) is 4.42 Å². The van der Waals surface area contributed by atoms with Gasteiger partial charge in [-0.15, -0.1) is 0 Å². The molecule has 1 fully saturated rings. The van der Waals surface area contributed by atoms with E-state index >= 15 is 0 Å². The first-order valence-electron chi connectivity index (χ1n) is 9.45. The van der Waals surface area contributed by atoms with Gasteiger partial charge in [-0.05, 0) is 25.8 Å². The van der Waals surface area contributed by atoms with Crippen LogP contribution in [0.15, 0.2) is 29.1 Å². The van der Waals surface area contributed by atoms with Crippen LogP contribution in [-0.4, -0.2) is 42.5 Å². The van der Waals surface area contributed by atoms with E-state index < -0.39 is 0 Å². The Morgan fingerprint density at radius 1 is 1.32 bits per heavy atom. The number of amides is 1. The number of carbonyl (C=O) groups is 1. The second kappa shape index (κ2) is 6.85. The van der Waals surface area contributed by atoms with E-state index in [9.17, 15) is 4.79 Å². The Bertz CT molecular complexity index is 986. The zero-order chi connectivity index (χ0) is 19.9. The Morgan fingerprint density at radius 3 is 2.82 bits per heavy atom. The van der Waals surface area contributed by atoms with Crippen molar-refractivity contribution in [2.24, 2.45) is 0 Å². The number of rotatable bonds is 3. The van der Waals surface area contributed by atoms with E-state index in [1.54, 1.807) is 18.6 Å².